The van der Waals surface area contributed by atoms with Crippen molar-refractivity contribution in [2.75, 3.05) is 28.2 Å². The third kappa shape index (κ3) is 3.36. The highest BCUT2D eigenvalue weighted by Crippen LogP contribution is 2.40. The summed E-state index contributed by atoms with van der Waals surface area (Å²) in [4.78, 5) is 31.8. The van der Waals surface area contributed by atoms with E-state index in [0.717, 1.165) is 47.7 Å². The van der Waals surface area contributed by atoms with Gasteiger partial charge in [0.1, 0.15) is 5.52 Å². The van der Waals surface area contributed by atoms with Gasteiger partial charge in [-0.3, -0.25) is 9.88 Å². The van der Waals surface area contributed by atoms with Crippen LogP contribution in [0.3, 0.4) is 0 Å². The molecule has 0 saturated carbocycles. The zero-order chi connectivity index (χ0) is 22.5. The maximum Gasteiger partial charge on any atom is 0.327 e. The highest BCUT2D eigenvalue weighted by Gasteiger charge is 2.40. The number of benzene rings is 2. The molecule has 2 aliphatic heterocycles. The van der Waals surface area contributed by atoms with E-state index in [1.165, 1.54) is 5.56 Å². The van der Waals surface area contributed by atoms with E-state index in [1.807, 2.05) is 42.2 Å². The van der Waals surface area contributed by atoms with Gasteiger partial charge in [0.15, 0.2) is 5.82 Å². The molecule has 2 aromatic carbocycles. The van der Waals surface area contributed by atoms with E-state index in [4.69, 9.17) is 4.98 Å². The lowest BCUT2D eigenvalue weighted by molar-refractivity contribution is 0.255. The van der Waals surface area contributed by atoms with Crippen LogP contribution in [0.1, 0.15) is 17.7 Å². The summed E-state index contributed by atoms with van der Waals surface area (Å²) in [7, 11) is 0. The Morgan fingerprint density at radius 1 is 1.06 bits per heavy atom. The minimum absolute atomic E-state index is 0.0843. The van der Waals surface area contributed by atoms with E-state index >= 15 is 0 Å². The summed E-state index contributed by atoms with van der Waals surface area (Å²) in [5, 5.41) is 3.09. The number of anilines is 3. The first-order chi connectivity index (χ1) is 16.1. The van der Waals surface area contributed by atoms with Crippen molar-refractivity contribution in [2.24, 2.45) is 0 Å². The Morgan fingerprint density at radius 3 is 2.82 bits per heavy atom. The second kappa shape index (κ2) is 7.55. The summed E-state index contributed by atoms with van der Waals surface area (Å²) in [6.07, 6.45) is 2.64. The van der Waals surface area contributed by atoms with Crippen LogP contribution in [0.2, 0.25) is 0 Å². The Labute approximate surface area is 192 Å². The number of fused-ring (bicyclic) bond motifs is 5. The van der Waals surface area contributed by atoms with Gasteiger partial charge in [-0.15, -0.1) is 0 Å². The maximum atomic E-state index is 13.6. The molecule has 1 saturated heterocycles. The van der Waals surface area contributed by atoms with Crippen molar-refractivity contribution in [3.05, 3.63) is 72.1 Å². The van der Waals surface area contributed by atoms with Gasteiger partial charge in [-0.25, -0.2) is 14.8 Å². The number of hydrogen-bond donors (Lipinski definition) is 1. The molecule has 4 heterocycles. The molecular formula is C26H24N6O. The molecule has 2 bridgehead atoms. The molecule has 2 amide bonds. The molecule has 7 heteroatoms. The zero-order valence-corrected chi connectivity index (χ0v) is 18.6. The van der Waals surface area contributed by atoms with Gasteiger partial charge in [-0.05, 0) is 50.6 Å². The lowest BCUT2D eigenvalue weighted by Crippen LogP contribution is -2.48. The Kier molecular flexibility index (Phi) is 4.50. The standard InChI is InChI=1S/C26H24N6O/c1-16-5-3-6-18(13-16)20-9-10-23-25(29-20)32(19-11-12-31(23)15-19)26(33)30-22-8-4-7-21-24(22)27-14-17(2)28-21/h3-10,13-14,19H,11-12,15H2,1-2H3,(H,30,33)/t19-/m0/s1. The molecule has 2 aliphatic rings. The largest absolute Gasteiger partial charge is 0.366 e. The van der Waals surface area contributed by atoms with Crippen LogP contribution in [0.25, 0.3) is 22.3 Å². The van der Waals surface area contributed by atoms with Crippen LogP contribution in [0.4, 0.5) is 22.0 Å². The van der Waals surface area contributed by atoms with Gasteiger partial charge in [0.2, 0.25) is 0 Å². The van der Waals surface area contributed by atoms with Crippen LogP contribution in [-0.2, 0) is 0 Å². The quantitative estimate of drug-likeness (QED) is 0.482. The number of para-hydroxylation sites is 1. The molecule has 4 aromatic rings. The zero-order valence-electron chi connectivity index (χ0n) is 18.6. The van der Waals surface area contributed by atoms with E-state index in [2.05, 4.69) is 51.4 Å². The van der Waals surface area contributed by atoms with Gasteiger partial charge >= 0.3 is 6.03 Å². The number of carbonyl (C=O) groups excluding carboxylic acids is 1. The van der Waals surface area contributed by atoms with Gasteiger partial charge < -0.3 is 10.2 Å². The first-order valence-electron chi connectivity index (χ1n) is 11.2. The molecule has 1 atom stereocenters. The van der Waals surface area contributed by atoms with Crippen LogP contribution < -0.4 is 15.1 Å². The van der Waals surface area contributed by atoms with Crippen LogP contribution in [0.15, 0.2) is 60.8 Å². The van der Waals surface area contributed by atoms with Crippen molar-refractivity contribution in [3.63, 3.8) is 0 Å². The number of aryl methyl sites for hydroxylation is 2. The maximum absolute atomic E-state index is 13.6. The first-order valence-corrected chi connectivity index (χ1v) is 11.2. The Hall–Kier alpha value is -4.00. The second-order valence-electron chi connectivity index (χ2n) is 8.78. The predicted molar refractivity (Wildman–Crippen MR) is 131 cm³/mol. The summed E-state index contributed by atoms with van der Waals surface area (Å²) >= 11 is 0. The fourth-order valence-corrected chi connectivity index (χ4v) is 4.85. The fourth-order valence-electron chi connectivity index (χ4n) is 4.85. The second-order valence-corrected chi connectivity index (χ2v) is 8.78. The van der Waals surface area contributed by atoms with E-state index < -0.39 is 0 Å². The van der Waals surface area contributed by atoms with Gasteiger partial charge in [0, 0.05) is 24.8 Å². The minimum Gasteiger partial charge on any atom is -0.366 e. The third-order valence-electron chi connectivity index (χ3n) is 6.42. The van der Waals surface area contributed by atoms with Crippen molar-refractivity contribution < 1.29 is 4.79 Å². The first kappa shape index (κ1) is 19.7. The summed E-state index contributed by atoms with van der Waals surface area (Å²) in [6, 6.07) is 18.0. The molecule has 0 spiro atoms. The Bertz CT molecular complexity index is 1400. The number of rotatable bonds is 2. The number of carbonyl (C=O) groups is 1. The Balaban J connectivity index is 1.40. The molecule has 7 nitrogen and oxygen atoms in total. The number of aromatic nitrogens is 3. The minimum atomic E-state index is -0.188. The predicted octanol–water partition coefficient (Wildman–Crippen LogP) is 4.94. The van der Waals surface area contributed by atoms with Crippen molar-refractivity contribution in [1.29, 1.82) is 0 Å². The van der Waals surface area contributed by atoms with Crippen LogP contribution >= 0.6 is 0 Å². The molecule has 0 aliphatic carbocycles. The number of hydrogen-bond acceptors (Lipinski definition) is 5. The average molecular weight is 437 g/mol. The summed E-state index contributed by atoms with van der Waals surface area (Å²) in [5.41, 5.74) is 7.04. The van der Waals surface area contributed by atoms with Gasteiger partial charge in [0.25, 0.3) is 0 Å². The molecule has 0 unspecified atom stereocenters. The third-order valence-corrected chi connectivity index (χ3v) is 6.42. The molecule has 0 radical (unpaired) electrons. The molecule has 164 valence electrons. The SMILES string of the molecule is Cc1cccc(-c2ccc3c(n2)N(C(=O)Nc2cccc4nc(C)cnc24)[C@H]2CCN3C2)c1. The van der Waals surface area contributed by atoms with Crippen molar-refractivity contribution in [1.82, 2.24) is 15.0 Å². The molecule has 1 fully saturated rings. The van der Waals surface area contributed by atoms with Crippen LogP contribution in [0.5, 0.6) is 0 Å². The van der Waals surface area contributed by atoms with E-state index in [1.54, 1.807) is 6.20 Å². The monoisotopic (exact) mass is 436 g/mol. The lowest BCUT2D eigenvalue weighted by atomic mass is 10.1. The van der Waals surface area contributed by atoms with Crippen molar-refractivity contribution in [2.45, 2.75) is 26.3 Å². The number of pyridine rings is 1. The van der Waals surface area contributed by atoms with Crippen molar-refractivity contribution >= 4 is 34.3 Å². The number of urea groups is 1. The Morgan fingerprint density at radius 2 is 1.94 bits per heavy atom. The smallest absolute Gasteiger partial charge is 0.327 e. The van der Waals surface area contributed by atoms with Crippen molar-refractivity contribution in [3.8, 4) is 11.3 Å². The van der Waals surface area contributed by atoms with E-state index in [0.29, 0.717) is 17.0 Å². The van der Waals surface area contributed by atoms with Gasteiger partial charge in [-0.2, -0.15) is 0 Å². The van der Waals surface area contributed by atoms with Crippen LogP contribution in [-0.4, -0.2) is 40.1 Å². The summed E-state index contributed by atoms with van der Waals surface area (Å²) in [6.45, 7) is 5.72. The number of amides is 2. The summed E-state index contributed by atoms with van der Waals surface area (Å²) < 4.78 is 0. The van der Waals surface area contributed by atoms with E-state index in [9.17, 15) is 4.79 Å². The number of nitrogens with zero attached hydrogens (tertiary/aromatic N) is 5. The average Bonchev–Trinajstić information content (AvgIpc) is 3.23. The van der Waals surface area contributed by atoms with Crippen LogP contribution in [0, 0.1) is 13.8 Å². The van der Waals surface area contributed by atoms with Gasteiger partial charge in [-0.1, -0.05) is 29.8 Å². The van der Waals surface area contributed by atoms with E-state index in [-0.39, 0.29) is 12.1 Å². The highest BCUT2D eigenvalue weighted by atomic mass is 16.2. The topological polar surface area (TPSA) is 74.2 Å². The molecule has 1 N–H and O–H groups in total. The molecular weight excluding hydrogens is 412 g/mol. The highest BCUT2D eigenvalue weighted by molar-refractivity contribution is 6.08. The molecule has 33 heavy (non-hydrogen) atoms. The fraction of sp³-hybridized carbons (Fsp3) is 0.231. The van der Waals surface area contributed by atoms with Gasteiger partial charge in [0.05, 0.1) is 34.3 Å². The summed E-state index contributed by atoms with van der Waals surface area (Å²) in [5.74, 6) is 0.711. The molecule has 2 aromatic heterocycles. The normalized spacial score (nSPS) is 16.7. The lowest BCUT2D eigenvalue weighted by Gasteiger charge is -2.36. The number of nitrogens with one attached hydrogen (secondary N) is 1. The molecule has 6 rings (SSSR count).